The van der Waals surface area contributed by atoms with Crippen LogP contribution in [-0.2, 0) is 0 Å². The summed E-state index contributed by atoms with van der Waals surface area (Å²) in [4.78, 5) is 11.3. The third-order valence-corrected chi connectivity index (χ3v) is 3.01. The minimum atomic E-state index is -0.559. The van der Waals surface area contributed by atoms with Crippen molar-refractivity contribution in [1.82, 2.24) is 20.3 Å². The van der Waals surface area contributed by atoms with Crippen molar-refractivity contribution < 1.29 is 10.0 Å². The summed E-state index contributed by atoms with van der Waals surface area (Å²) < 4.78 is 0. The molecule has 0 saturated heterocycles. The van der Waals surface area contributed by atoms with Gasteiger partial charge in [0.2, 0.25) is 0 Å². The van der Waals surface area contributed by atoms with E-state index in [0.29, 0.717) is 0 Å². The predicted octanol–water partition coefficient (Wildman–Crippen LogP) is 1.91. The van der Waals surface area contributed by atoms with Crippen LogP contribution in [0.2, 0.25) is 0 Å². The number of non-ortho nitro benzene ring substituents is 1. The molecule has 1 heterocycles. The van der Waals surface area contributed by atoms with Gasteiger partial charge in [-0.1, -0.05) is 28.1 Å². The molecule has 0 radical (unpaired) electrons. The lowest BCUT2D eigenvalue weighted by atomic mass is 10.2. The molecule has 2 N–H and O–H groups in total. The average molecular weight is 325 g/mol. The van der Waals surface area contributed by atoms with E-state index in [1.165, 1.54) is 24.4 Å². The van der Waals surface area contributed by atoms with Gasteiger partial charge in [0.25, 0.3) is 11.6 Å². The van der Waals surface area contributed by atoms with E-state index in [-0.39, 0.29) is 22.9 Å². The van der Waals surface area contributed by atoms with Crippen LogP contribution in [0, 0.1) is 10.1 Å². The van der Waals surface area contributed by atoms with Gasteiger partial charge in [-0.25, -0.2) is 0 Å². The molecule has 10 heteroatoms. The average Bonchev–Trinajstić information content (AvgIpc) is 3.02. The number of nitro groups is 1. The minimum Gasteiger partial charge on any atom is -0.507 e. The van der Waals surface area contributed by atoms with Crippen LogP contribution in [0.25, 0.3) is 0 Å². The lowest BCUT2D eigenvalue weighted by Crippen LogP contribution is -2.01. The number of benzene rings is 2. The fourth-order valence-electron chi connectivity index (χ4n) is 1.86. The molecule has 3 aromatic rings. The first-order chi connectivity index (χ1) is 11.6. The molecule has 0 aliphatic heterocycles. The molecule has 2 aromatic carbocycles. The highest BCUT2D eigenvalue weighted by Gasteiger charge is 2.10. The van der Waals surface area contributed by atoms with Crippen molar-refractivity contribution in [1.29, 1.82) is 0 Å². The molecule has 0 bridgehead atoms. The Morgan fingerprint density at radius 2 is 2.04 bits per heavy atom. The van der Waals surface area contributed by atoms with Crippen molar-refractivity contribution in [3.63, 3.8) is 0 Å². The van der Waals surface area contributed by atoms with E-state index < -0.39 is 4.92 Å². The maximum absolute atomic E-state index is 10.8. The molecule has 1 aromatic heterocycles. The smallest absolute Gasteiger partial charge is 0.270 e. The summed E-state index contributed by atoms with van der Waals surface area (Å²) in [6.45, 7) is 0. The number of para-hydroxylation sites is 1. The summed E-state index contributed by atoms with van der Waals surface area (Å²) in [6.07, 6.45) is 1.23. The molecule has 24 heavy (non-hydrogen) atoms. The SMILES string of the molecule is O=[N+]([O-])c1ccc(O)c(C=Nn2nnnc2Nc2ccccc2)c1. The number of tetrazole rings is 1. The summed E-state index contributed by atoms with van der Waals surface area (Å²) in [7, 11) is 0. The number of aromatic hydroxyl groups is 1. The number of nitro benzene ring substituents is 1. The molecule has 10 nitrogen and oxygen atoms in total. The van der Waals surface area contributed by atoms with Gasteiger partial charge in [-0.2, -0.15) is 5.10 Å². The van der Waals surface area contributed by atoms with Crippen LogP contribution in [0.3, 0.4) is 0 Å². The van der Waals surface area contributed by atoms with Crippen LogP contribution in [-0.4, -0.2) is 36.6 Å². The summed E-state index contributed by atoms with van der Waals surface area (Å²) >= 11 is 0. The van der Waals surface area contributed by atoms with Crippen molar-refractivity contribution >= 4 is 23.5 Å². The zero-order chi connectivity index (χ0) is 16.9. The highest BCUT2D eigenvalue weighted by Crippen LogP contribution is 2.21. The molecular formula is C14H11N7O3. The summed E-state index contributed by atoms with van der Waals surface area (Å²) in [5, 5.41) is 38.5. The van der Waals surface area contributed by atoms with E-state index in [0.717, 1.165) is 10.5 Å². The predicted molar refractivity (Wildman–Crippen MR) is 85.3 cm³/mol. The summed E-state index contributed by atoms with van der Waals surface area (Å²) in [5.74, 6) is 0.109. The van der Waals surface area contributed by atoms with E-state index in [2.05, 4.69) is 25.9 Å². The van der Waals surface area contributed by atoms with Gasteiger partial charge in [-0.15, -0.1) is 0 Å². The third kappa shape index (κ3) is 3.32. The molecule has 3 rings (SSSR count). The maximum Gasteiger partial charge on any atom is 0.270 e. The van der Waals surface area contributed by atoms with E-state index in [4.69, 9.17) is 0 Å². The zero-order valence-electron chi connectivity index (χ0n) is 12.1. The van der Waals surface area contributed by atoms with Crippen molar-refractivity contribution in [2.45, 2.75) is 0 Å². The number of nitrogens with zero attached hydrogens (tertiary/aromatic N) is 6. The fraction of sp³-hybridized carbons (Fsp3) is 0. The summed E-state index contributed by atoms with van der Waals surface area (Å²) in [6, 6.07) is 12.9. The van der Waals surface area contributed by atoms with E-state index in [1.807, 2.05) is 30.3 Å². The first-order valence-electron chi connectivity index (χ1n) is 6.76. The first-order valence-corrected chi connectivity index (χ1v) is 6.76. The van der Waals surface area contributed by atoms with Gasteiger partial charge >= 0.3 is 0 Å². The van der Waals surface area contributed by atoms with Crippen LogP contribution in [0.15, 0.2) is 53.6 Å². The molecule has 0 aliphatic rings. The van der Waals surface area contributed by atoms with Crippen molar-refractivity contribution in [3.05, 3.63) is 64.2 Å². The first kappa shape index (κ1) is 15.1. The quantitative estimate of drug-likeness (QED) is 0.416. The van der Waals surface area contributed by atoms with E-state index in [1.54, 1.807) is 0 Å². The zero-order valence-corrected chi connectivity index (χ0v) is 12.1. The maximum atomic E-state index is 10.8. The molecule has 0 unspecified atom stereocenters. The minimum absolute atomic E-state index is 0.144. The summed E-state index contributed by atoms with van der Waals surface area (Å²) in [5.41, 5.74) is 0.779. The molecule has 0 fully saturated rings. The normalized spacial score (nSPS) is 10.8. The van der Waals surface area contributed by atoms with Gasteiger partial charge in [0.1, 0.15) is 5.75 Å². The molecular weight excluding hydrogens is 314 g/mol. The second-order valence-electron chi connectivity index (χ2n) is 4.63. The van der Waals surface area contributed by atoms with Crippen LogP contribution in [0.1, 0.15) is 5.56 Å². The molecule has 0 spiro atoms. The Morgan fingerprint density at radius 3 is 2.79 bits per heavy atom. The Labute approximate surface area is 135 Å². The topological polar surface area (TPSA) is 131 Å². The van der Waals surface area contributed by atoms with E-state index >= 15 is 0 Å². The van der Waals surface area contributed by atoms with Crippen LogP contribution >= 0.6 is 0 Å². The highest BCUT2D eigenvalue weighted by atomic mass is 16.6. The number of nitrogens with one attached hydrogen (secondary N) is 1. The number of rotatable bonds is 5. The number of phenols is 1. The Hall–Kier alpha value is -3.82. The van der Waals surface area contributed by atoms with Crippen LogP contribution in [0.5, 0.6) is 5.75 Å². The molecule has 0 atom stereocenters. The number of hydrogen-bond acceptors (Lipinski definition) is 8. The fourth-order valence-corrected chi connectivity index (χ4v) is 1.86. The molecule has 0 amide bonds. The Bertz CT molecular complexity index is 892. The van der Waals surface area contributed by atoms with Crippen LogP contribution < -0.4 is 5.32 Å². The van der Waals surface area contributed by atoms with Crippen molar-refractivity contribution in [2.24, 2.45) is 5.10 Å². The standard InChI is InChI=1S/C14H11N7O3/c22-13-7-6-12(21(23)24)8-10(13)9-15-20-14(17-18-19-20)16-11-4-2-1-3-5-11/h1-9,22H,(H,16,17,19). The molecule has 0 saturated carbocycles. The number of hydrogen-bond donors (Lipinski definition) is 2. The monoisotopic (exact) mass is 325 g/mol. The van der Waals surface area contributed by atoms with Gasteiger partial charge in [-0.05, 0) is 28.6 Å². The Morgan fingerprint density at radius 1 is 1.25 bits per heavy atom. The lowest BCUT2D eigenvalue weighted by Gasteiger charge is -2.03. The number of anilines is 2. The van der Waals surface area contributed by atoms with Gasteiger partial charge in [0.05, 0.1) is 11.1 Å². The van der Waals surface area contributed by atoms with Gasteiger partial charge in [-0.3, -0.25) is 10.1 Å². The Kier molecular flexibility index (Phi) is 4.10. The van der Waals surface area contributed by atoms with Gasteiger partial charge in [0, 0.05) is 23.4 Å². The second kappa shape index (κ2) is 6.52. The highest BCUT2D eigenvalue weighted by molar-refractivity contribution is 5.84. The van der Waals surface area contributed by atoms with Gasteiger partial charge in [0.15, 0.2) is 0 Å². The number of aromatic nitrogens is 4. The molecule has 120 valence electrons. The van der Waals surface area contributed by atoms with E-state index in [9.17, 15) is 15.2 Å². The van der Waals surface area contributed by atoms with Gasteiger partial charge < -0.3 is 10.4 Å². The van der Waals surface area contributed by atoms with Crippen molar-refractivity contribution in [3.8, 4) is 5.75 Å². The third-order valence-electron chi connectivity index (χ3n) is 3.01. The van der Waals surface area contributed by atoms with Crippen molar-refractivity contribution in [2.75, 3.05) is 5.32 Å². The number of phenolic OH excluding ortho intramolecular Hbond substituents is 1. The largest absolute Gasteiger partial charge is 0.507 e. The molecule has 0 aliphatic carbocycles. The van der Waals surface area contributed by atoms with Crippen LogP contribution in [0.4, 0.5) is 17.3 Å². The Balaban J connectivity index is 1.85. The lowest BCUT2D eigenvalue weighted by molar-refractivity contribution is -0.384. The second-order valence-corrected chi connectivity index (χ2v) is 4.63.